The molecule has 3 aromatic heterocycles. The fourth-order valence-corrected chi connectivity index (χ4v) is 8.41. The fourth-order valence-electron chi connectivity index (χ4n) is 5.39. The van der Waals surface area contributed by atoms with Crippen LogP contribution in [-0.2, 0) is 32.0 Å². The molecule has 4 aromatic rings. The summed E-state index contributed by atoms with van der Waals surface area (Å²) in [6.07, 6.45) is -7.99. The zero-order chi connectivity index (χ0) is 36.7. The number of nitrogen functional groups attached to an aromatic ring is 1. The zero-order valence-electron chi connectivity index (χ0n) is 26.1. The number of phosphoric ester groups is 2. The van der Waals surface area contributed by atoms with E-state index in [1.54, 1.807) is 0 Å². The summed E-state index contributed by atoms with van der Waals surface area (Å²) in [4.78, 5) is 41.5. The molecule has 10 N–H and O–H groups in total. The van der Waals surface area contributed by atoms with Gasteiger partial charge in [-0.15, -0.1) is 0 Å². The van der Waals surface area contributed by atoms with Crippen LogP contribution in [0.25, 0.3) is 11.2 Å². The molecule has 0 radical (unpaired) electrons. The lowest BCUT2D eigenvalue weighted by atomic mass is 10.1. The topological polar surface area (TPSA) is 305 Å². The highest BCUT2D eigenvalue weighted by Crippen LogP contribution is 2.61. The molecule has 1 amide bonds. The van der Waals surface area contributed by atoms with E-state index in [-0.39, 0.29) is 16.9 Å². The zero-order valence-corrected chi connectivity index (χ0v) is 28.7. The van der Waals surface area contributed by atoms with Gasteiger partial charge in [0.05, 0.1) is 18.9 Å². The predicted molar refractivity (Wildman–Crippen MR) is 172 cm³/mol. The third-order valence-electron chi connectivity index (χ3n) is 7.87. The predicted octanol–water partition coefficient (Wildman–Crippen LogP) is -0.260. The third-order valence-corrected chi connectivity index (χ3v) is 11.4. The number of carbonyl (C=O) groups excluding carboxylic acids is 1. The summed E-state index contributed by atoms with van der Waals surface area (Å²) in [7, 11) is -10.8. The molecule has 0 spiro atoms. The number of aromatic nitrogens is 4. The highest BCUT2D eigenvalue weighted by molar-refractivity contribution is 7.99. The van der Waals surface area contributed by atoms with Gasteiger partial charge in [0, 0.05) is 17.2 Å². The van der Waals surface area contributed by atoms with E-state index in [0.29, 0.717) is 10.7 Å². The number of hydrogen-bond donors (Lipinski definition) is 8. The Kier molecular flexibility index (Phi) is 10.9. The normalized spacial score (nSPS) is 28.8. The number of aliphatic hydroxyl groups is 4. The highest BCUT2D eigenvalue weighted by atomic mass is 32.2. The van der Waals surface area contributed by atoms with Gasteiger partial charge in [0.15, 0.2) is 35.5 Å². The summed E-state index contributed by atoms with van der Waals surface area (Å²) in [5.41, 5.74) is 12.2. The van der Waals surface area contributed by atoms with Gasteiger partial charge in [0.1, 0.15) is 41.6 Å². The number of aliphatic hydroxyl groups excluding tert-OH is 4. The maximum absolute atomic E-state index is 12.7. The largest absolute Gasteiger partial charge is 0.481 e. The van der Waals surface area contributed by atoms with Crippen molar-refractivity contribution in [2.24, 2.45) is 5.73 Å². The minimum atomic E-state index is -5.42. The van der Waals surface area contributed by atoms with Gasteiger partial charge >= 0.3 is 15.6 Å². The first kappa shape index (κ1) is 37.4. The van der Waals surface area contributed by atoms with Crippen molar-refractivity contribution in [3.05, 3.63) is 72.7 Å². The molecule has 0 bridgehead atoms. The number of benzene rings is 1. The Bertz CT molecular complexity index is 1990. The summed E-state index contributed by atoms with van der Waals surface area (Å²) in [5.74, 6) is -0.766. The lowest BCUT2D eigenvalue weighted by molar-refractivity contribution is -0.765. The van der Waals surface area contributed by atoms with Crippen LogP contribution >= 0.6 is 27.4 Å². The molecule has 10 atom stereocenters. The van der Waals surface area contributed by atoms with Gasteiger partial charge in [0.25, 0.3) is 12.1 Å². The Hall–Kier alpha value is -3.37. The molecule has 2 fully saturated rings. The second-order valence-electron chi connectivity index (χ2n) is 11.4. The van der Waals surface area contributed by atoms with Crippen LogP contribution in [-0.4, -0.2) is 100 Å². The fraction of sp³-hybridized carbons (Fsp3) is 0.357. The summed E-state index contributed by atoms with van der Waals surface area (Å²) in [6.45, 7) is -1.82. The van der Waals surface area contributed by atoms with Crippen LogP contribution in [0.5, 0.6) is 0 Å². The number of ether oxygens (including phenoxy) is 2. The lowest BCUT2D eigenvalue weighted by Gasteiger charge is -2.20. The van der Waals surface area contributed by atoms with E-state index in [1.807, 2.05) is 30.3 Å². The minimum absolute atomic E-state index is 0.0687. The van der Waals surface area contributed by atoms with E-state index in [9.17, 15) is 44.1 Å². The van der Waals surface area contributed by atoms with Gasteiger partial charge in [-0.05, 0) is 24.3 Å². The van der Waals surface area contributed by atoms with Crippen LogP contribution in [0.3, 0.4) is 0 Å². The average Bonchev–Trinajstić information content (AvgIpc) is 3.69. The number of anilines is 1. The van der Waals surface area contributed by atoms with Crippen molar-refractivity contribution in [3.63, 3.8) is 0 Å². The molecule has 2 aliphatic heterocycles. The van der Waals surface area contributed by atoms with Crippen LogP contribution in [0.4, 0.5) is 5.69 Å². The average molecular weight is 772 g/mol. The molecule has 274 valence electrons. The van der Waals surface area contributed by atoms with Crippen LogP contribution in [0.15, 0.2) is 77.2 Å². The van der Waals surface area contributed by atoms with Crippen molar-refractivity contribution in [1.29, 1.82) is 0 Å². The molecule has 2 aliphatic rings. The van der Waals surface area contributed by atoms with E-state index >= 15 is 0 Å². The molecule has 23 heteroatoms. The van der Waals surface area contributed by atoms with Gasteiger partial charge in [0.2, 0.25) is 0 Å². The first-order valence-corrected chi connectivity index (χ1v) is 18.8. The summed E-state index contributed by atoms with van der Waals surface area (Å²) in [5, 5.41) is 43.0. The summed E-state index contributed by atoms with van der Waals surface area (Å²) in [6, 6.07) is 13.5. The summed E-state index contributed by atoms with van der Waals surface area (Å²) >= 11 is 1.20. The van der Waals surface area contributed by atoms with E-state index in [2.05, 4.69) is 14.3 Å². The smallest absolute Gasteiger partial charge is 0.397 e. The Morgan fingerprint density at radius 3 is 2.24 bits per heavy atom. The maximum atomic E-state index is 12.7. The number of pyridine rings is 2. The molecule has 2 saturated heterocycles. The lowest BCUT2D eigenvalue weighted by Crippen LogP contribution is -2.46. The van der Waals surface area contributed by atoms with Crippen molar-refractivity contribution in [1.82, 2.24) is 14.5 Å². The van der Waals surface area contributed by atoms with Gasteiger partial charge in [-0.1, -0.05) is 30.0 Å². The summed E-state index contributed by atoms with van der Waals surface area (Å²) < 4.78 is 53.3. The molecule has 20 nitrogen and oxygen atoms in total. The monoisotopic (exact) mass is 771 g/mol. The quantitative estimate of drug-likeness (QED) is 0.0641. The second kappa shape index (κ2) is 14.9. The molecule has 6 rings (SSSR count). The van der Waals surface area contributed by atoms with Crippen molar-refractivity contribution >= 4 is 50.2 Å². The van der Waals surface area contributed by atoms with Gasteiger partial charge in [-0.25, -0.2) is 19.1 Å². The van der Waals surface area contributed by atoms with Gasteiger partial charge in [-0.2, -0.15) is 8.88 Å². The first-order chi connectivity index (χ1) is 24.1. The van der Waals surface area contributed by atoms with E-state index < -0.39 is 83.8 Å². The number of nitrogens with two attached hydrogens (primary N) is 2. The molecule has 51 heavy (non-hydrogen) atoms. The number of phosphoric acid groups is 2. The second-order valence-corrected chi connectivity index (χ2v) is 15.4. The van der Waals surface area contributed by atoms with Crippen LogP contribution in [0.2, 0.25) is 0 Å². The number of carbonyl (C=O) groups is 1. The number of amides is 1. The first-order valence-electron chi connectivity index (χ1n) is 15.0. The molecule has 4 unspecified atom stereocenters. The Morgan fingerprint density at radius 1 is 0.922 bits per heavy atom. The van der Waals surface area contributed by atoms with E-state index in [0.717, 1.165) is 4.90 Å². The minimum Gasteiger partial charge on any atom is -0.397 e. The van der Waals surface area contributed by atoms with E-state index in [4.69, 9.17) is 30.0 Å². The number of nitrogens with zero attached hydrogens (tertiary/aromatic N) is 4. The number of hydrogen-bond acceptors (Lipinski definition) is 16. The maximum Gasteiger partial charge on any atom is 0.481 e. The van der Waals surface area contributed by atoms with E-state index in [1.165, 1.54) is 57.7 Å². The molecule has 5 heterocycles. The number of rotatable bonds is 13. The third kappa shape index (κ3) is 8.17. The van der Waals surface area contributed by atoms with Crippen molar-refractivity contribution in [3.8, 4) is 0 Å². The van der Waals surface area contributed by atoms with Crippen molar-refractivity contribution in [2.45, 2.75) is 59.1 Å². The van der Waals surface area contributed by atoms with Crippen LogP contribution in [0, 0.1) is 0 Å². The standard InChI is InChI=1S/C28H32N6O14P2S/c29-16-8-9-31-25-19(16)32-28(51-15-6-2-1-3-7-15)34(25)27-23(38)21(36)18(47-27)13-45-50(42,43)48-49(40,41)44-12-17-20(35)22(37)26(46-17)33-10-4-5-14(11-33)24(30)39/h1-11,17-18,20-23,26-27,35-38H,12-13H2,(H5-,29,30,31,39,40,41,42,43)/p+1/t17-,18+,20?,21-,22+,23?,26-,27+/m0/s1. The van der Waals surface area contributed by atoms with Gasteiger partial charge < -0.3 is 51.2 Å². The Labute approximate surface area is 292 Å². The molecule has 1 aromatic carbocycles. The number of imidazole rings is 1. The SMILES string of the molecule is NC(=O)c1ccc[n+]([C@H]2O[C@@H](COP(=O)(O)OP(=O)(O)OC[C@H]3O[C@@H](n4c(Sc5ccccc5)nc5c(N)ccnc54)C(O)[C@H]3O)C(O)[C@H]2O)c1. The van der Waals surface area contributed by atoms with Gasteiger partial charge in [-0.3, -0.25) is 18.4 Å². The van der Waals surface area contributed by atoms with Crippen LogP contribution in [0.1, 0.15) is 22.8 Å². The Morgan fingerprint density at radius 2 is 1.57 bits per heavy atom. The molecule has 0 aliphatic carbocycles. The highest BCUT2D eigenvalue weighted by Gasteiger charge is 2.50. The number of primary amides is 1. The van der Waals surface area contributed by atoms with Crippen LogP contribution < -0.4 is 16.0 Å². The van der Waals surface area contributed by atoms with Crippen molar-refractivity contribution in [2.75, 3.05) is 18.9 Å². The number of fused-ring (bicyclic) bond motifs is 1. The molecular formula is C28H33N6O14P2S+. The Balaban J connectivity index is 1.08. The molecule has 0 saturated carbocycles. The molecular weight excluding hydrogens is 738 g/mol. The van der Waals surface area contributed by atoms with Crippen molar-refractivity contribution < 1.29 is 71.5 Å².